The van der Waals surface area contributed by atoms with Crippen molar-refractivity contribution < 1.29 is 23.1 Å². The smallest absolute Gasteiger partial charge is 0.303 e. The average molecular weight is 335 g/mol. The Labute approximate surface area is 129 Å². The Balaban J connectivity index is 2.95. The van der Waals surface area contributed by atoms with Gasteiger partial charge < -0.3 is 9.84 Å². The molecular formula is C14H19ClO5S. The number of rotatable bonds is 8. The van der Waals surface area contributed by atoms with E-state index in [0.717, 1.165) is 12.0 Å². The van der Waals surface area contributed by atoms with Crippen LogP contribution in [0.15, 0.2) is 23.1 Å². The molecule has 0 saturated heterocycles. The minimum absolute atomic E-state index is 0.0345. The molecule has 21 heavy (non-hydrogen) atoms. The largest absolute Gasteiger partial charge is 0.493 e. The number of hydrogen-bond donors (Lipinski definition) is 1. The van der Waals surface area contributed by atoms with Crippen molar-refractivity contribution in [1.82, 2.24) is 0 Å². The molecule has 118 valence electrons. The maximum atomic E-state index is 11.4. The normalized spacial score (nSPS) is 12.9. The van der Waals surface area contributed by atoms with Gasteiger partial charge in [-0.1, -0.05) is 13.8 Å². The molecule has 0 bridgehead atoms. The number of halogens is 1. The van der Waals surface area contributed by atoms with Gasteiger partial charge in [-0.05, 0) is 42.5 Å². The number of aliphatic carboxylic acids is 1. The number of benzene rings is 1. The molecule has 0 saturated carbocycles. The first-order chi connectivity index (χ1) is 9.75. The first-order valence-electron chi connectivity index (χ1n) is 6.69. The molecule has 0 amide bonds. The van der Waals surface area contributed by atoms with E-state index in [1.807, 2.05) is 13.8 Å². The van der Waals surface area contributed by atoms with Gasteiger partial charge in [-0.3, -0.25) is 4.79 Å². The van der Waals surface area contributed by atoms with Crippen LogP contribution in [0.5, 0.6) is 5.75 Å². The van der Waals surface area contributed by atoms with Gasteiger partial charge in [-0.15, -0.1) is 0 Å². The quantitative estimate of drug-likeness (QED) is 0.582. The third-order valence-corrected chi connectivity index (χ3v) is 4.55. The summed E-state index contributed by atoms with van der Waals surface area (Å²) >= 11 is 0. The lowest BCUT2D eigenvalue weighted by molar-refractivity contribution is -0.137. The van der Waals surface area contributed by atoms with E-state index in [9.17, 15) is 13.2 Å². The van der Waals surface area contributed by atoms with Crippen LogP contribution in [0, 0.1) is 0 Å². The van der Waals surface area contributed by atoms with Crippen LogP contribution in [-0.2, 0) is 13.8 Å². The van der Waals surface area contributed by atoms with Crippen molar-refractivity contribution in [3.8, 4) is 5.75 Å². The topological polar surface area (TPSA) is 80.7 Å². The van der Waals surface area contributed by atoms with Crippen molar-refractivity contribution >= 4 is 25.7 Å². The van der Waals surface area contributed by atoms with Crippen molar-refractivity contribution in [2.75, 3.05) is 6.61 Å². The van der Waals surface area contributed by atoms with Gasteiger partial charge in [0.25, 0.3) is 9.05 Å². The molecular weight excluding hydrogens is 316 g/mol. The van der Waals surface area contributed by atoms with Crippen LogP contribution in [0.3, 0.4) is 0 Å². The Kier molecular flexibility index (Phi) is 6.48. The minimum atomic E-state index is -3.78. The molecule has 0 spiro atoms. The van der Waals surface area contributed by atoms with Crippen LogP contribution in [0.4, 0.5) is 0 Å². The zero-order valence-electron chi connectivity index (χ0n) is 12.0. The van der Waals surface area contributed by atoms with E-state index in [4.69, 9.17) is 20.5 Å². The Morgan fingerprint density at radius 2 is 2.10 bits per heavy atom. The standard InChI is InChI=1S/C14H19ClO5S/c1-3-10(2)12-9-11(21(15,18)19)6-7-13(12)20-8-4-5-14(16)17/h6-7,9-10H,3-5,8H2,1-2H3,(H,16,17). The van der Waals surface area contributed by atoms with Gasteiger partial charge in [0, 0.05) is 17.1 Å². The summed E-state index contributed by atoms with van der Waals surface area (Å²) in [5, 5.41) is 8.58. The SMILES string of the molecule is CCC(C)c1cc(S(=O)(=O)Cl)ccc1OCCCC(=O)O. The zero-order chi connectivity index (χ0) is 16.0. The minimum Gasteiger partial charge on any atom is -0.493 e. The summed E-state index contributed by atoms with van der Waals surface area (Å²) in [5.41, 5.74) is 0.759. The van der Waals surface area contributed by atoms with Crippen LogP contribution < -0.4 is 4.74 Å². The van der Waals surface area contributed by atoms with Gasteiger partial charge in [0.05, 0.1) is 11.5 Å². The molecule has 0 fully saturated rings. The lowest BCUT2D eigenvalue weighted by atomic mass is 9.98. The van der Waals surface area contributed by atoms with E-state index in [2.05, 4.69) is 0 Å². The molecule has 0 aromatic heterocycles. The second-order valence-corrected chi connectivity index (χ2v) is 7.36. The maximum Gasteiger partial charge on any atom is 0.303 e. The molecule has 0 aliphatic heterocycles. The first kappa shape index (κ1) is 17.8. The fourth-order valence-electron chi connectivity index (χ4n) is 1.82. The zero-order valence-corrected chi connectivity index (χ0v) is 13.6. The molecule has 1 aromatic carbocycles. The highest BCUT2D eigenvalue weighted by molar-refractivity contribution is 8.13. The summed E-state index contributed by atoms with van der Waals surface area (Å²) in [6.07, 6.45) is 1.24. The van der Waals surface area contributed by atoms with Crippen LogP contribution in [0.25, 0.3) is 0 Å². The summed E-state index contributed by atoms with van der Waals surface area (Å²) in [6, 6.07) is 4.47. The number of ether oxygens (including phenoxy) is 1. The third-order valence-electron chi connectivity index (χ3n) is 3.20. The van der Waals surface area contributed by atoms with Gasteiger partial charge >= 0.3 is 5.97 Å². The highest BCUT2D eigenvalue weighted by Crippen LogP contribution is 2.32. The molecule has 0 heterocycles. The van der Waals surface area contributed by atoms with Crippen molar-refractivity contribution in [2.24, 2.45) is 0 Å². The predicted octanol–water partition coefficient (Wildman–Crippen LogP) is 3.37. The highest BCUT2D eigenvalue weighted by Gasteiger charge is 2.17. The molecule has 7 heteroatoms. The van der Waals surface area contributed by atoms with E-state index in [0.29, 0.717) is 12.2 Å². The Morgan fingerprint density at radius 1 is 1.43 bits per heavy atom. The molecule has 0 radical (unpaired) electrons. The number of carbonyl (C=O) groups is 1. The van der Waals surface area contributed by atoms with Crippen molar-refractivity contribution in [1.29, 1.82) is 0 Å². The lowest BCUT2D eigenvalue weighted by Crippen LogP contribution is -2.06. The summed E-state index contributed by atoms with van der Waals surface area (Å²) in [6.45, 7) is 4.22. The van der Waals surface area contributed by atoms with E-state index >= 15 is 0 Å². The van der Waals surface area contributed by atoms with Gasteiger partial charge in [-0.25, -0.2) is 8.42 Å². The molecule has 1 N–H and O–H groups in total. The summed E-state index contributed by atoms with van der Waals surface area (Å²) in [4.78, 5) is 10.5. The molecule has 5 nitrogen and oxygen atoms in total. The number of hydrogen-bond acceptors (Lipinski definition) is 4. The van der Waals surface area contributed by atoms with Crippen LogP contribution in [-0.4, -0.2) is 26.1 Å². The van der Waals surface area contributed by atoms with E-state index in [1.165, 1.54) is 12.1 Å². The Bertz CT molecular complexity index is 597. The predicted molar refractivity (Wildman–Crippen MR) is 80.6 cm³/mol. The molecule has 0 aliphatic rings. The van der Waals surface area contributed by atoms with E-state index < -0.39 is 15.0 Å². The molecule has 1 rings (SSSR count). The fourth-order valence-corrected chi connectivity index (χ4v) is 2.61. The summed E-state index contributed by atoms with van der Waals surface area (Å²) < 4.78 is 28.4. The Hall–Kier alpha value is -1.27. The van der Waals surface area contributed by atoms with Crippen molar-refractivity contribution in [3.05, 3.63) is 23.8 Å². The van der Waals surface area contributed by atoms with E-state index in [1.54, 1.807) is 6.07 Å². The first-order valence-corrected chi connectivity index (χ1v) is 8.99. The van der Waals surface area contributed by atoms with Crippen LogP contribution >= 0.6 is 10.7 Å². The highest BCUT2D eigenvalue weighted by atomic mass is 35.7. The number of carboxylic acids is 1. The van der Waals surface area contributed by atoms with Crippen molar-refractivity contribution in [2.45, 2.75) is 43.9 Å². The molecule has 1 unspecified atom stereocenters. The third kappa shape index (κ3) is 5.55. The second kappa shape index (κ2) is 7.66. The van der Waals surface area contributed by atoms with Crippen LogP contribution in [0.2, 0.25) is 0 Å². The Morgan fingerprint density at radius 3 is 2.62 bits per heavy atom. The maximum absolute atomic E-state index is 11.4. The van der Waals surface area contributed by atoms with Gasteiger partial charge in [-0.2, -0.15) is 0 Å². The summed E-state index contributed by atoms with van der Waals surface area (Å²) in [7, 11) is 1.58. The average Bonchev–Trinajstić information content (AvgIpc) is 2.41. The number of carboxylic acid groups (broad SMARTS) is 1. The van der Waals surface area contributed by atoms with E-state index in [-0.39, 0.29) is 23.8 Å². The van der Waals surface area contributed by atoms with Crippen molar-refractivity contribution in [3.63, 3.8) is 0 Å². The molecule has 1 aromatic rings. The van der Waals surface area contributed by atoms with Crippen LogP contribution in [0.1, 0.15) is 44.6 Å². The monoisotopic (exact) mass is 334 g/mol. The fraction of sp³-hybridized carbons (Fsp3) is 0.500. The summed E-state index contributed by atoms with van der Waals surface area (Å²) in [5.74, 6) is -0.194. The second-order valence-electron chi connectivity index (χ2n) is 4.79. The van der Waals surface area contributed by atoms with Gasteiger partial charge in [0.1, 0.15) is 5.75 Å². The van der Waals surface area contributed by atoms with Gasteiger partial charge in [0.2, 0.25) is 0 Å². The molecule has 1 atom stereocenters. The molecule has 0 aliphatic carbocycles. The lowest BCUT2D eigenvalue weighted by Gasteiger charge is -2.16. The van der Waals surface area contributed by atoms with Gasteiger partial charge in [0.15, 0.2) is 0 Å².